The number of nitrogens with zero attached hydrogens (tertiary/aromatic N) is 4. The van der Waals surface area contributed by atoms with Crippen LogP contribution in [-0.2, 0) is 12.4 Å². The molecule has 0 aliphatic rings. The fraction of sp³-hybridized carbons (Fsp3) is 0.286. The summed E-state index contributed by atoms with van der Waals surface area (Å²) in [6, 6.07) is 4.56. The van der Waals surface area contributed by atoms with Gasteiger partial charge in [0.15, 0.2) is 5.65 Å². The lowest BCUT2D eigenvalue weighted by atomic mass is 10.3. The normalized spacial score (nSPS) is 11.5. The van der Waals surface area contributed by atoms with Crippen molar-refractivity contribution in [3.05, 3.63) is 40.0 Å². The van der Waals surface area contributed by atoms with Crippen molar-refractivity contribution >= 4 is 38.7 Å². The van der Waals surface area contributed by atoms with Gasteiger partial charge >= 0.3 is 0 Å². The zero-order valence-corrected chi connectivity index (χ0v) is 13.9. The predicted octanol–water partition coefficient (Wildman–Crippen LogP) is 4.19. The monoisotopic (exact) mass is 370 g/mol. The van der Waals surface area contributed by atoms with Crippen molar-refractivity contribution in [1.82, 2.24) is 19.3 Å². The topological polar surface area (TPSA) is 35.6 Å². The Morgan fingerprint density at radius 2 is 2.14 bits per heavy atom. The average molecular weight is 372 g/mol. The number of rotatable bonds is 3. The van der Waals surface area contributed by atoms with Gasteiger partial charge in [0, 0.05) is 11.0 Å². The third-order valence-corrected chi connectivity index (χ3v) is 4.22. The van der Waals surface area contributed by atoms with Crippen LogP contribution in [0.4, 0.5) is 4.39 Å². The maximum Gasteiger partial charge on any atom is 0.163 e. The standard InChI is InChI=1S/C14H13BrClFN4/c1-3-20-14-13(8(2)19-20)18-12(7-16)21(14)11-5-4-9(17)6-10(11)15/h4-6H,3,7H2,1-2H3. The number of hydrogen-bond acceptors (Lipinski definition) is 2. The number of imidazole rings is 1. The zero-order chi connectivity index (χ0) is 15.1. The first-order valence-corrected chi connectivity index (χ1v) is 7.85. The first-order valence-electron chi connectivity index (χ1n) is 6.53. The lowest BCUT2D eigenvalue weighted by Crippen LogP contribution is -2.07. The molecule has 0 radical (unpaired) electrons. The first kappa shape index (κ1) is 14.5. The van der Waals surface area contributed by atoms with Crippen molar-refractivity contribution in [3.8, 4) is 5.69 Å². The maximum absolute atomic E-state index is 13.3. The number of hydrogen-bond donors (Lipinski definition) is 0. The van der Waals surface area contributed by atoms with Crippen molar-refractivity contribution in [2.24, 2.45) is 0 Å². The van der Waals surface area contributed by atoms with Gasteiger partial charge in [0.05, 0.1) is 17.3 Å². The van der Waals surface area contributed by atoms with E-state index < -0.39 is 0 Å². The van der Waals surface area contributed by atoms with Gasteiger partial charge in [0.25, 0.3) is 0 Å². The number of fused-ring (bicyclic) bond motifs is 1. The second kappa shape index (κ2) is 5.42. The molecule has 0 aliphatic carbocycles. The Morgan fingerprint density at radius 3 is 2.76 bits per heavy atom. The summed E-state index contributed by atoms with van der Waals surface area (Å²) in [5.74, 6) is 0.679. The van der Waals surface area contributed by atoms with Crippen LogP contribution in [-0.4, -0.2) is 19.3 Å². The Morgan fingerprint density at radius 1 is 1.38 bits per heavy atom. The highest BCUT2D eigenvalue weighted by Gasteiger charge is 2.20. The van der Waals surface area contributed by atoms with Crippen LogP contribution in [0.1, 0.15) is 18.4 Å². The summed E-state index contributed by atoms with van der Waals surface area (Å²) < 4.78 is 17.8. The minimum atomic E-state index is -0.297. The molecule has 110 valence electrons. The van der Waals surface area contributed by atoms with Crippen molar-refractivity contribution in [2.45, 2.75) is 26.3 Å². The zero-order valence-electron chi connectivity index (χ0n) is 11.6. The molecule has 21 heavy (non-hydrogen) atoms. The number of benzene rings is 1. The fourth-order valence-corrected chi connectivity index (χ4v) is 3.15. The molecule has 3 rings (SSSR count). The second-order valence-corrected chi connectivity index (χ2v) is 5.79. The average Bonchev–Trinajstić information content (AvgIpc) is 2.97. The van der Waals surface area contributed by atoms with Gasteiger partial charge in [-0.1, -0.05) is 0 Å². The van der Waals surface area contributed by atoms with Crippen molar-refractivity contribution in [3.63, 3.8) is 0 Å². The lowest BCUT2D eigenvalue weighted by Gasteiger charge is -2.11. The summed E-state index contributed by atoms with van der Waals surface area (Å²) in [7, 11) is 0. The van der Waals surface area contributed by atoms with Crippen molar-refractivity contribution in [1.29, 1.82) is 0 Å². The van der Waals surface area contributed by atoms with Gasteiger partial charge in [-0.3, -0.25) is 4.57 Å². The van der Waals surface area contributed by atoms with Gasteiger partial charge in [0.2, 0.25) is 0 Å². The summed E-state index contributed by atoms with van der Waals surface area (Å²) in [5.41, 5.74) is 3.35. The molecule has 0 fully saturated rings. The number of aromatic nitrogens is 4. The van der Waals surface area contributed by atoms with Crippen LogP contribution in [0.5, 0.6) is 0 Å². The Hall–Kier alpha value is -1.40. The van der Waals surface area contributed by atoms with Gasteiger partial charge in [-0.25, -0.2) is 14.1 Å². The maximum atomic E-state index is 13.3. The molecular weight excluding hydrogens is 359 g/mol. The van der Waals surface area contributed by atoms with E-state index in [0.717, 1.165) is 29.1 Å². The summed E-state index contributed by atoms with van der Waals surface area (Å²) >= 11 is 9.45. The van der Waals surface area contributed by atoms with E-state index in [1.165, 1.54) is 12.1 Å². The Bertz CT molecular complexity index is 824. The highest BCUT2D eigenvalue weighted by molar-refractivity contribution is 9.10. The molecule has 1 aromatic carbocycles. The first-order chi connectivity index (χ1) is 10.1. The fourth-order valence-electron chi connectivity index (χ4n) is 2.44. The summed E-state index contributed by atoms with van der Waals surface area (Å²) in [6.07, 6.45) is 0. The molecule has 0 atom stereocenters. The molecule has 2 aromatic heterocycles. The van der Waals surface area contributed by atoms with Crippen LogP contribution in [0, 0.1) is 12.7 Å². The van der Waals surface area contributed by atoms with E-state index in [9.17, 15) is 4.39 Å². The van der Waals surface area contributed by atoms with Crippen LogP contribution in [0.15, 0.2) is 22.7 Å². The van der Waals surface area contributed by atoms with Gasteiger partial charge in [-0.2, -0.15) is 5.10 Å². The van der Waals surface area contributed by atoms with Crippen LogP contribution < -0.4 is 0 Å². The molecule has 0 N–H and O–H groups in total. The third-order valence-electron chi connectivity index (χ3n) is 3.35. The van der Waals surface area contributed by atoms with Crippen LogP contribution in [0.2, 0.25) is 0 Å². The highest BCUT2D eigenvalue weighted by atomic mass is 79.9. The largest absolute Gasteiger partial charge is 0.279 e. The number of halogens is 3. The molecule has 0 bridgehead atoms. The molecule has 3 aromatic rings. The van der Waals surface area contributed by atoms with E-state index in [-0.39, 0.29) is 11.7 Å². The van der Waals surface area contributed by atoms with Gasteiger partial charge in [-0.15, -0.1) is 11.6 Å². The molecule has 0 amide bonds. The van der Waals surface area contributed by atoms with E-state index in [0.29, 0.717) is 10.3 Å². The third kappa shape index (κ3) is 2.26. The van der Waals surface area contributed by atoms with Crippen LogP contribution in [0.3, 0.4) is 0 Å². The van der Waals surface area contributed by atoms with Crippen molar-refractivity contribution in [2.75, 3.05) is 0 Å². The molecule has 0 aliphatic heterocycles. The highest BCUT2D eigenvalue weighted by Crippen LogP contribution is 2.29. The SMILES string of the molecule is CCn1nc(C)c2nc(CCl)n(-c3ccc(F)cc3Br)c21. The van der Waals surface area contributed by atoms with Crippen LogP contribution >= 0.6 is 27.5 Å². The van der Waals surface area contributed by atoms with Crippen LogP contribution in [0.25, 0.3) is 16.9 Å². The van der Waals surface area contributed by atoms with E-state index in [2.05, 4.69) is 26.0 Å². The van der Waals surface area contributed by atoms with E-state index in [1.54, 1.807) is 6.07 Å². The van der Waals surface area contributed by atoms with Gasteiger partial charge in [0.1, 0.15) is 17.2 Å². The quantitative estimate of drug-likeness (QED) is 0.647. The summed E-state index contributed by atoms with van der Waals surface area (Å²) in [5, 5.41) is 4.48. The molecule has 0 saturated heterocycles. The Balaban J connectivity index is 2.39. The Labute approximate surface area is 134 Å². The van der Waals surface area contributed by atoms with Crippen molar-refractivity contribution < 1.29 is 4.39 Å². The molecule has 2 heterocycles. The number of aryl methyl sites for hydroxylation is 2. The Kier molecular flexibility index (Phi) is 3.75. The van der Waals surface area contributed by atoms with Gasteiger partial charge < -0.3 is 0 Å². The summed E-state index contributed by atoms with van der Waals surface area (Å²) in [4.78, 5) is 4.57. The minimum Gasteiger partial charge on any atom is -0.279 e. The minimum absolute atomic E-state index is 0.266. The molecular formula is C14H13BrClFN4. The smallest absolute Gasteiger partial charge is 0.163 e. The predicted molar refractivity (Wildman–Crippen MR) is 84.5 cm³/mol. The molecule has 0 saturated carbocycles. The molecule has 0 spiro atoms. The molecule has 7 heteroatoms. The van der Waals surface area contributed by atoms with E-state index in [1.807, 2.05) is 23.1 Å². The van der Waals surface area contributed by atoms with E-state index >= 15 is 0 Å². The summed E-state index contributed by atoms with van der Waals surface area (Å²) in [6.45, 7) is 4.66. The van der Waals surface area contributed by atoms with E-state index in [4.69, 9.17) is 11.6 Å². The van der Waals surface area contributed by atoms with Gasteiger partial charge in [-0.05, 0) is 48.0 Å². The number of alkyl halides is 1. The molecule has 4 nitrogen and oxygen atoms in total. The second-order valence-electron chi connectivity index (χ2n) is 4.67. The lowest BCUT2D eigenvalue weighted by molar-refractivity contribution is 0.626. The molecule has 0 unspecified atom stereocenters.